The molecule has 0 aliphatic carbocycles. The van der Waals surface area contributed by atoms with Gasteiger partial charge in [0, 0.05) is 68.1 Å². The number of aromatic nitrogens is 3. The van der Waals surface area contributed by atoms with Gasteiger partial charge in [0.1, 0.15) is 5.82 Å². The minimum atomic E-state index is -5.08. The van der Waals surface area contributed by atoms with Crippen LogP contribution in [-0.4, -0.2) is 51.1 Å². The highest BCUT2D eigenvalue weighted by Gasteiger charge is 2.38. The highest BCUT2D eigenvalue weighted by Crippen LogP contribution is 2.23. The second-order valence-electron chi connectivity index (χ2n) is 7.86. The molecule has 2 N–H and O–H groups in total. The van der Waals surface area contributed by atoms with Gasteiger partial charge in [0.2, 0.25) is 0 Å². The van der Waals surface area contributed by atoms with Crippen LogP contribution >= 0.6 is 0 Å². The average molecular weight is 479 g/mol. The second-order valence-corrected chi connectivity index (χ2v) is 7.86. The number of halogens is 4. The van der Waals surface area contributed by atoms with Crippen molar-refractivity contribution in [1.29, 1.82) is 0 Å². The second kappa shape index (κ2) is 11.1. The Hall–Kier alpha value is -3.47. The highest BCUT2D eigenvalue weighted by atomic mass is 19.4. The number of nitrogens with one attached hydrogen (secondary N) is 1. The van der Waals surface area contributed by atoms with E-state index in [-0.39, 0.29) is 5.82 Å². The van der Waals surface area contributed by atoms with E-state index < -0.39 is 12.1 Å². The smallest absolute Gasteiger partial charge is 0.475 e. The molecule has 0 spiro atoms. The van der Waals surface area contributed by atoms with E-state index in [0.717, 1.165) is 49.4 Å². The summed E-state index contributed by atoms with van der Waals surface area (Å²) in [7, 11) is 1.94. The Bertz CT molecular complexity index is 1090. The normalized spacial score (nSPS) is 16.0. The number of aryl methyl sites for hydroxylation is 1. The van der Waals surface area contributed by atoms with E-state index >= 15 is 0 Å². The molecule has 1 aliphatic heterocycles. The average Bonchev–Trinajstić information content (AvgIpc) is 3.19. The Morgan fingerprint density at radius 2 is 1.94 bits per heavy atom. The summed E-state index contributed by atoms with van der Waals surface area (Å²) in [5.41, 5.74) is 4.20. The number of alkyl halides is 3. The van der Waals surface area contributed by atoms with Gasteiger partial charge in [-0.25, -0.2) is 9.18 Å². The van der Waals surface area contributed by atoms with Crippen molar-refractivity contribution < 1.29 is 27.5 Å². The highest BCUT2D eigenvalue weighted by molar-refractivity contribution is 5.73. The zero-order chi connectivity index (χ0) is 24.7. The number of hydrogen-bond acceptors (Lipinski definition) is 5. The van der Waals surface area contributed by atoms with Crippen molar-refractivity contribution in [2.45, 2.75) is 31.6 Å². The van der Waals surface area contributed by atoms with Gasteiger partial charge in [-0.2, -0.15) is 18.3 Å². The maximum atomic E-state index is 13.5. The fraction of sp³-hybridized carbons (Fsp3) is 0.348. The molecule has 2 aromatic heterocycles. The number of rotatable bonds is 5. The van der Waals surface area contributed by atoms with E-state index in [0.29, 0.717) is 6.04 Å². The fourth-order valence-corrected chi connectivity index (χ4v) is 3.73. The standard InChI is InChI=1S/C21H24FN5.C2HF3O2/c1-26-14-17(21(25-26)16-7-9-23-10-8-16)13-24-19-5-3-11-27(15-19)20-6-2-4-18(22)12-20;3-2(4,5)1(6)7/h2,4,6-10,12,14,19,24H,3,5,11,13,15H2,1H3;(H,6,7). The SMILES string of the molecule is Cn1cc(CNC2CCCN(c3cccc(F)c3)C2)c(-c2ccncc2)n1.O=C(O)C(F)(F)F. The zero-order valence-electron chi connectivity index (χ0n) is 18.5. The number of pyridine rings is 1. The van der Waals surface area contributed by atoms with Gasteiger partial charge in [0.15, 0.2) is 0 Å². The molecule has 1 saturated heterocycles. The van der Waals surface area contributed by atoms with Crippen LogP contribution in [0.15, 0.2) is 55.0 Å². The first-order valence-electron chi connectivity index (χ1n) is 10.6. The van der Waals surface area contributed by atoms with Crippen molar-refractivity contribution in [3.63, 3.8) is 0 Å². The summed E-state index contributed by atoms with van der Waals surface area (Å²) in [4.78, 5) is 15.2. The Labute approximate surface area is 194 Å². The van der Waals surface area contributed by atoms with Gasteiger partial charge in [-0.3, -0.25) is 9.67 Å². The van der Waals surface area contributed by atoms with Crippen LogP contribution in [0.2, 0.25) is 0 Å². The van der Waals surface area contributed by atoms with Crippen LogP contribution < -0.4 is 10.2 Å². The van der Waals surface area contributed by atoms with Crippen LogP contribution in [0.25, 0.3) is 11.3 Å². The minimum Gasteiger partial charge on any atom is -0.475 e. The summed E-state index contributed by atoms with van der Waals surface area (Å²) in [6.07, 6.45) is 2.78. The molecule has 0 saturated carbocycles. The molecule has 34 heavy (non-hydrogen) atoms. The molecule has 7 nitrogen and oxygen atoms in total. The molecule has 1 fully saturated rings. The molecule has 0 bridgehead atoms. The fourth-order valence-electron chi connectivity index (χ4n) is 3.73. The summed E-state index contributed by atoms with van der Waals surface area (Å²) >= 11 is 0. The molecule has 1 aliphatic rings. The Morgan fingerprint density at radius 3 is 2.59 bits per heavy atom. The number of piperidine rings is 1. The van der Waals surface area contributed by atoms with Gasteiger partial charge in [0.25, 0.3) is 0 Å². The maximum absolute atomic E-state index is 13.5. The van der Waals surface area contributed by atoms with Crippen molar-refractivity contribution in [3.05, 3.63) is 66.4 Å². The number of anilines is 1. The summed E-state index contributed by atoms with van der Waals surface area (Å²) in [6, 6.07) is 11.2. The number of carbonyl (C=O) groups is 1. The van der Waals surface area contributed by atoms with Crippen LogP contribution in [0.5, 0.6) is 0 Å². The lowest BCUT2D eigenvalue weighted by Crippen LogP contribution is -2.45. The van der Waals surface area contributed by atoms with Gasteiger partial charge in [-0.05, 0) is 43.2 Å². The monoisotopic (exact) mass is 479 g/mol. The van der Waals surface area contributed by atoms with Crippen molar-refractivity contribution in [2.24, 2.45) is 7.05 Å². The first-order chi connectivity index (χ1) is 16.1. The quantitative estimate of drug-likeness (QED) is 0.538. The molecule has 1 atom stereocenters. The molecule has 3 heterocycles. The minimum absolute atomic E-state index is 0.181. The summed E-state index contributed by atoms with van der Waals surface area (Å²) in [5, 5.41) is 15.4. The van der Waals surface area contributed by atoms with E-state index in [1.54, 1.807) is 24.5 Å². The van der Waals surface area contributed by atoms with Crippen molar-refractivity contribution in [3.8, 4) is 11.3 Å². The predicted molar refractivity (Wildman–Crippen MR) is 119 cm³/mol. The molecular weight excluding hydrogens is 454 g/mol. The Kier molecular flexibility index (Phi) is 8.21. The molecule has 0 radical (unpaired) electrons. The number of carboxylic acids is 1. The lowest BCUT2D eigenvalue weighted by molar-refractivity contribution is -0.192. The lowest BCUT2D eigenvalue weighted by Gasteiger charge is -2.35. The largest absolute Gasteiger partial charge is 0.490 e. The summed E-state index contributed by atoms with van der Waals surface area (Å²) < 4.78 is 47.1. The van der Waals surface area contributed by atoms with Gasteiger partial charge in [-0.1, -0.05) is 6.07 Å². The predicted octanol–water partition coefficient (Wildman–Crippen LogP) is 4.01. The molecule has 3 aromatic rings. The van der Waals surface area contributed by atoms with Gasteiger partial charge < -0.3 is 15.3 Å². The van der Waals surface area contributed by atoms with Crippen molar-refractivity contribution in [1.82, 2.24) is 20.1 Å². The van der Waals surface area contributed by atoms with E-state index in [1.165, 1.54) is 11.6 Å². The third kappa shape index (κ3) is 7.01. The number of benzene rings is 1. The molecule has 4 rings (SSSR count). The van der Waals surface area contributed by atoms with Crippen LogP contribution in [0, 0.1) is 5.82 Å². The summed E-state index contributed by atoms with van der Waals surface area (Å²) in [5.74, 6) is -2.94. The third-order valence-corrected chi connectivity index (χ3v) is 5.28. The molecule has 11 heteroatoms. The summed E-state index contributed by atoms with van der Waals surface area (Å²) in [6.45, 7) is 2.61. The van der Waals surface area contributed by atoms with E-state index in [9.17, 15) is 17.6 Å². The van der Waals surface area contributed by atoms with Gasteiger partial charge >= 0.3 is 12.1 Å². The van der Waals surface area contributed by atoms with Gasteiger partial charge in [0.05, 0.1) is 5.69 Å². The van der Waals surface area contributed by atoms with Crippen molar-refractivity contribution >= 4 is 11.7 Å². The molecule has 182 valence electrons. The molecule has 1 unspecified atom stereocenters. The topological polar surface area (TPSA) is 83.3 Å². The third-order valence-electron chi connectivity index (χ3n) is 5.28. The van der Waals surface area contributed by atoms with E-state index in [4.69, 9.17) is 9.90 Å². The number of nitrogens with zero attached hydrogens (tertiary/aromatic N) is 4. The zero-order valence-corrected chi connectivity index (χ0v) is 18.5. The number of carboxylic acid groups (broad SMARTS) is 1. The number of aliphatic carboxylic acids is 1. The lowest BCUT2D eigenvalue weighted by atomic mass is 10.0. The van der Waals surface area contributed by atoms with Crippen LogP contribution in [0.1, 0.15) is 18.4 Å². The molecule has 1 aromatic carbocycles. The number of hydrogen-bond donors (Lipinski definition) is 2. The first-order valence-corrected chi connectivity index (χ1v) is 10.6. The van der Waals surface area contributed by atoms with Crippen LogP contribution in [0.4, 0.5) is 23.2 Å². The van der Waals surface area contributed by atoms with Gasteiger partial charge in [-0.15, -0.1) is 0 Å². The molecule has 0 amide bonds. The first kappa shape index (κ1) is 25.2. The molecular formula is C23H25F4N5O2. The van der Waals surface area contributed by atoms with E-state index in [1.807, 2.05) is 29.9 Å². The van der Waals surface area contributed by atoms with Crippen LogP contribution in [0.3, 0.4) is 0 Å². The Balaban J connectivity index is 0.000000406. The maximum Gasteiger partial charge on any atom is 0.490 e. The Morgan fingerprint density at radius 1 is 1.24 bits per heavy atom. The van der Waals surface area contributed by atoms with Crippen LogP contribution in [-0.2, 0) is 18.4 Å². The van der Waals surface area contributed by atoms with E-state index in [2.05, 4.69) is 26.5 Å². The van der Waals surface area contributed by atoms with Crippen molar-refractivity contribution in [2.75, 3.05) is 18.0 Å².